The second-order valence-electron chi connectivity index (χ2n) is 3.97. The maximum Gasteiger partial charge on any atom is 0.208 e. The van der Waals surface area contributed by atoms with Crippen molar-refractivity contribution in [3.63, 3.8) is 0 Å². The van der Waals surface area contributed by atoms with Crippen LogP contribution in [0.15, 0.2) is 4.99 Å². The van der Waals surface area contributed by atoms with Gasteiger partial charge in [0.25, 0.3) is 0 Å². The Kier molecular flexibility index (Phi) is 5.64. The van der Waals surface area contributed by atoms with Gasteiger partial charge in [-0.25, -0.2) is 0 Å². The molecule has 0 atom stereocenters. The van der Waals surface area contributed by atoms with E-state index in [1.165, 1.54) is 0 Å². The van der Waals surface area contributed by atoms with Gasteiger partial charge in [-0.05, 0) is 25.6 Å². The lowest BCUT2D eigenvalue weighted by molar-refractivity contribution is 0.173. The SMILES string of the molecule is CCN1CCC(N(C)C(=NC#N)SC)CC1. The molecule has 0 unspecified atom stereocenters. The highest BCUT2D eigenvalue weighted by atomic mass is 32.2. The van der Waals surface area contributed by atoms with Crippen LogP contribution in [-0.2, 0) is 0 Å². The zero-order chi connectivity index (χ0) is 12.0. The third-order valence-corrected chi connectivity index (χ3v) is 3.93. The molecule has 1 rings (SSSR count). The van der Waals surface area contributed by atoms with E-state index in [1.54, 1.807) is 11.8 Å². The Morgan fingerprint density at radius 1 is 1.56 bits per heavy atom. The van der Waals surface area contributed by atoms with Crippen LogP contribution in [0.2, 0.25) is 0 Å². The van der Waals surface area contributed by atoms with Gasteiger partial charge in [0.2, 0.25) is 6.19 Å². The highest BCUT2D eigenvalue weighted by molar-refractivity contribution is 8.13. The Hall–Kier alpha value is -0.730. The Bertz CT molecular complexity index is 276. The lowest BCUT2D eigenvalue weighted by Gasteiger charge is -2.37. The Labute approximate surface area is 102 Å². The second-order valence-corrected chi connectivity index (χ2v) is 4.75. The fraction of sp³-hybridized carbons (Fsp3) is 0.818. The Morgan fingerprint density at radius 3 is 2.62 bits per heavy atom. The molecular formula is C11H20N4S. The van der Waals surface area contributed by atoms with Gasteiger partial charge in [-0.3, -0.25) is 0 Å². The van der Waals surface area contributed by atoms with Crippen molar-refractivity contribution in [3.05, 3.63) is 0 Å². The van der Waals surface area contributed by atoms with E-state index in [2.05, 4.69) is 21.7 Å². The summed E-state index contributed by atoms with van der Waals surface area (Å²) in [6, 6.07) is 0.530. The van der Waals surface area contributed by atoms with Crippen LogP contribution in [0.5, 0.6) is 0 Å². The largest absolute Gasteiger partial charge is 0.351 e. The number of hydrogen-bond acceptors (Lipinski definition) is 4. The number of amidine groups is 1. The number of nitrogens with zero attached hydrogens (tertiary/aromatic N) is 4. The molecule has 1 aliphatic heterocycles. The molecule has 0 aliphatic carbocycles. The highest BCUT2D eigenvalue weighted by Crippen LogP contribution is 2.18. The molecule has 0 N–H and O–H groups in total. The number of thioether (sulfide) groups is 1. The quantitative estimate of drug-likeness (QED) is 0.418. The molecule has 0 bridgehead atoms. The predicted molar refractivity (Wildman–Crippen MR) is 69.5 cm³/mol. The summed E-state index contributed by atoms with van der Waals surface area (Å²) < 4.78 is 0. The summed E-state index contributed by atoms with van der Waals surface area (Å²) >= 11 is 1.54. The fourth-order valence-corrected chi connectivity index (χ4v) is 2.66. The van der Waals surface area contributed by atoms with E-state index in [4.69, 9.17) is 5.26 Å². The van der Waals surface area contributed by atoms with E-state index in [-0.39, 0.29) is 0 Å². The van der Waals surface area contributed by atoms with Gasteiger partial charge in [-0.1, -0.05) is 18.7 Å². The maximum absolute atomic E-state index is 8.61. The smallest absolute Gasteiger partial charge is 0.208 e. The minimum atomic E-state index is 0.530. The van der Waals surface area contributed by atoms with Crippen molar-refractivity contribution >= 4 is 16.9 Å². The van der Waals surface area contributed by atoms with Gasteiger partial charge in [0, 0.05) is 26.2 Å². The van der Waals surface area contributed by atoms with E-state index in [0.717, 1.165) is 37.6 Å². The molecule has 0 aromatic rings. The van der Waals surface area contributed by atoms with Crippen molar-refractivity contribution in [2.75, 3.05) is 32.9 Å². The van der Waals surface area contributed by atoms with E-state index in [1.807, 2.05) is 19.5 Å². The molecule has 0 aromatic heterocycles. The number of likely N-dealkylation sites (tertiary alicyclic amines) is 1. The first-order chi connectivity index (χ1) is 7.72. The van der Waals surface area contributed by atoms with Gasteiger partial charge in [-0.2, -0.15) is 5.26 Å². The summed E-state index contributed by atoms with van der Waals surface area (Å²) in [6.07, 6.45) is 6.16. The highest BCUT2D eigenvalue weighted by Gasteiger charge is 2.23. The minimum absolute atomic E-state index is 0.530. The van der Waals surface area contributed by atoms with E-state index < -0.39 is 0 Å². The fourth-order valence-electron chi connectivity index (χ4n) is 2.09. The summed E-state index contributed by atoms with van der Waals surface area (Å²) in [5.41, 5.74) is 0. The van der Waals surface area contributed by atoms with E-state index in [0.29, 0.717) is 6.04 Å². The molecule has 0 amide bonds. The number of nitriles is 1. The molecular weight excluding hydrogens is 220 g/mol. The van der Waals surface area contributed by atoms with Gasteiger partial charge in [0.1, 0.15) is 0 Å². The summed E-state index contributed by atoms with van der Waals surface area (Å²) in [5, 5.41) is 9.44. The molecule has 5 heteroatoms. The molecule has 0 saturated carbocycles. The van der Waals surface area contributed by atoms with Gasteiger partial charge in [0.15, 0.2) is 5.17 Å². The average molecular weight is 240 g/mol. The lowest BCUT2D eigenvalue weighted by atomic mass is 10.0. The molecule has 1 fully saturated rings. The van der Waals surface area contributed by atoms with Crippen LogP contribution in [0.4, 0.5) is 0 Å². The lowest BCUT2D eigenvalue weighted by Crippen LogP contribution is -2.44. The van der Waals surface area contributed by atoms with Crippen molar-refractivity contribution in [3.8, 4) is 6.19 Å². The first kappa shape index (κ1) is 13.3. The van der Waals surface area contributed by atoms with Crippen LogP contribution in [0.3, 0.4) is 0 Å². The monoisotopic (exact) mass is 240 g/mol. The summed E-state index contributed by atoms with van der Waals surface area (Å²) in [4.78, 5) is 8.47. The normalized spacial score (nSPS) is 19.5. The molecule has 16 heavy (non-hydrogen) atoms. The molecule has 1 aliphatic rings. The predicted octanol–water partition coefficient (Wildman–Crippen LogP) is 1.60. The average Bonchev–Trinajstić information content (AvgIpc) is 2.35. The van der Waals surface area contributed by atoms with Crippen LogP contribution >= 0.6 is 11.8 Å². The summed E-state index contributed by atoms with van der Waals surface area (Å²) in [6.45, 7) is 5.64. The van der Waals surface area contributed by atoms with Gasteiger partial charge in [0.05, 0.1) is 0 Å². The van der Waals surface area contributed by atoms with Crippen LogP contribution in [-0.4, -0.2) is 53.9 Å². The van der Waals surface area contributed by atoms with Crippen molar-refractivity contribution in [2.24, 2.45) is 4.99 Å². The minimum Gasteiger partial charge on any atom is -0.351 e. The Morgan fingerprint density at radius 2 is 2.19 bits per heavy atom. The van der Waals surface area contributed by atoms with Gasteiger partial charge < -0.3 is 9.80 Å². The molecule has 1 heterocycles. The van der Waals surface area contributed by atoms with Crippen LogP contribution in [0.1, 0.15) is 19.8 Å². The third kappa shape index (κ3) is 3.39. The summed E-state index contributed by atoms with van der Waals surface area (Å²) in [5.74, 6) is 0. The zero-order valence-electron chi connectivity index (χ0n) is 10.3. The van der Waals surface area contributed by atoms with Crippen molar-refractivity contribution in [2.45, 2.75) is 25.8 Å². The zero-order valence-corrected chi connectivity index (χ0v) is 11.1. The topological polar surface area (TPSA) is 42.6 Å². The first-order valence-corrected chi connectivity index (χ1v) is 6.91. The van der Waals surface area contributed by atoms with Crippen molar-refractivity contribution < 1.29 is 0 Å². The van der Waals surface area contributed by atoms with Crippen molar-refractivity contribution in [1.82, 2.24) is 9.80 Å². The molecule has 1 saturated heterocycles. The molecule has 90 valence electrons. The van der Waals surface area contributed by atoms with Gasteiger partial charge >= 0.3 is 0 Å². The Balaban J connectivity index is 2.53. The molecule has 4 nitrogen and oxygen atoms in total. The molecule has 0 aromatic carbocycles. The van der Waals surface area contributed by atoms with E-state index >= 15 is 0 Å². The number of aliphatic imine (C=N–C) groups is 1. The first-order valence-electron chi connectivity index (χ1n) is 5.68. The van der Waals surface area contributed by atoms with E-state index in [9.17, 15) is 0 Å². The standard InChI is InChI=1S/C11H20N4S/c1-4-15-7-5-10(6-8-15)14(2)11(16-3)13-9-12/h10H,4-8H2,1-3H3. The van der Waals surface area contributed by atoms with Crippen LogP contribution in [0, 0.1) is 11.5 Å². The van der Waals surface area contributed by atoms with Crippen molar-refractivity contribution in [1.29, 1.82) is 5.26 Å². The second kappa shape index (κ2) is 6.77. The van der Waals surface area contributed by atoms with Crippen LogP contribution < -0.4 is 0 Å². The number of hydrogen-bond donors (Lipinski definition) is 0. The number of rotatable bonds is 2. The van der Waals surface area contributed by atoms with Crippen LogP contribution in [0.25, 0.3) is 0 Å². The molecule has 0 spiro atoms. The maximum atomic E-state index is 8.61. The number of piperidine rings is 1. The molecule has 0 radical (unpaired) electrons. The third-order valence-electron chi connectivity index (χ3n) is 3.18. The van der Waals surface area contributed by atoms with Gasteiger partial charge in [-0.15, -0.1) is 4.99 Å². The summed E-state index contributed by atoms with van der Waals surface area (Å²) in [7, 11) is 2.04.